The maximum Gasteiger partial charge on any atom is 0.303 e. The minimum absolute atomic E-state index is 0.0949. The third-order valence-electron chi connectivity index (χ3n) is 3.50. The van der Waals surface area contributed by atoms with E-state index in [0.717, 1.165) is 24.9 Å². The molecule has 6 nitrogen and oxygen atoms in total. The molecule has 23 heavy (non-hydrogen) atoms. The topological polar surface area (TPSA) is 84.2 Å². The molecule has 122 valence electrons. The Morgan fingerprint density at radius 3 is 2.48 bits per heavy atom. The minimum atomic E-state index is -0.753. The summed E-state index contributed by atoms with van der Waals surface area (Å²) in [5, 5.41) is 15.5. The number of carboxylic acid groups (broad SMARTS) is 1. The van der Waals surface area contributed by atoms with Gasteiger partial charge in [-0.3, -0.25) is 9.59 Å². The molecule has 1 amide bonds. The van der Waals surface area contributed by atoms with Crippen molar-refractivity contribution in [1.29, 1.82) is 0 Å². The Balaban J connectivity index is 1.68. The predicted molar refractivity (Wildman–Crippen MR) is 86.6 cm³/mol. The monoisotopic (exact) mass is 315 g/mol. The number of aliphatic carboxylic acids is 1. The van der Waals surface area contributed by atoms with E-state index in [1.54, 1.807) is 23.0 Å². The van der Waals surface area contributed by atoms with Gasteiger partial charge in [0.05, 0.1) is 5.69 Å². The smallest absolute Gasteiger partial charge is 0.303 e. The highest BCUT2D eigenvalue weighted by Crippen LogP contribution is 2.09. The molecule has 2 N–H and O–H groups in total. The number of hydrogen-bond acceptors (Lipinski definition) is 3. The normalized spacial score (nSPS) is 10.4. The number of hydrogen-bond donors (Lipinski definition) is 2. The first kappa shape index (κ1) is 16.7. The molecule has 0 aliphatic rings. The van der Waals surface area contributed by atoms with Gasteiger partial charge in [-0.25, -0.2) is 4.68 Å². The highest BCUT2D eigenvalue weighted by Gasteiger charge is 2.05. The number of nitrogens with one attached hydrogen (secondary N) is 1. The zero-order chi connectivity index (χ0) is 16.5. The van der Waals surface area contributed by atoms with Gasteiger partial charge in [-0.05, 0) is 43.2 Å². The number of amides is 1. The average Bonchev–Trinajstić information content (AvgIpc) is 3.08. The molecule has 0 aliphatic carbocycles. The fraction of sp³-hybridized carbons (Fsp3) is 0.353. The summed E-state index contributed by atoms with van der Waals surface area (Å²) in [5.74, 6) is -0.848. The molecule has 0 saturated heterocycles. The van der Waals surface area contributed by atoms with Crippen molar-refractivity contribution < 1.29 is 14.7 Å². The van der Waals surface area contributed by atoms with Crippen LogP contribution in [0.15, 0.2) is 42.7 Å². The Labute approximate surface area is 135 Å². The molecular formula is C17H21N3O3. The Morgan fingerprint density at radius 1 is 1.09 bits per heavy atom. The van der Waals surface area contributed by atoms with Crippen molar-refractivity contribution in [3.05, 3.63) is 48.3 Å². The minimum Gasteiger partial charge on any atom is -0.481 e. The van der Waals surface area contributed by atoms with Gasteiger partial charge in [-0.2, -0.15) is 5.10 Å². The van der Waals surface area contributed by atoms with E-state index in [4.69, 9.17) is 5.11 Å². The number of unbranched alkanes of at least 4 members (excludes halogenated alkanes) is 3. The van der Waals surface area contributed by atoms with E-state index in [1.807, 2.05) is 24.4 Å². The summed E-state index contributed by atoms with van der Waals surface area (Å²) in [4.78, 5) is 22.4. The van der Waals surface area contributed by atoms with Crippen molar-refractivity contribution in [2.45, 2.75) is 32.1 Å². The summed E-state index contributed by atoms with van der Waals surface area (Å²) in [5.41, 5.74) is 1.52. The van der Waals surface area contributed by atoms with E-state index in [-0.39, 0.29) is 12.3 Å². The van der Waals surface area contributed by atoms with E-state index < -0.39 is 5.97 Å². The first-order valence-corrected chi connectivity index (χ1v) is 7.77. The molecule has 2 aromatic rings. The molecular weight excluding hydrogens is 294 g/mol. The third kappa shape index (κ3) is 5.58. The number of nitrogens with zero attached hydrogens (tertiary/aromatic N) is 2. The third-order valence-corrected chi connectivity index (χ3v) is 3.50. The molecule has 0 radical (unpaired) electrons. The molecule has 0 unspecified atom stereocenters. The quantitative estimate of drug-likeness (QED) is 0.697. The molecule has 2 rings (SSSR count). The molecule has 0 atom stereocenters. The van der Waals surface area contributed by atoms with Crippen molar-refractivity contribution in [2.24, 2.45) is 0 Å². The van der Waals surface area contributed by atoms with Crippen molar-refractivity contribution in [3.63, 3.8) is 0 Å². The van der Waals surface area contributed by atoms with Gasteiger partial charge in [-0.15, -0.1) is 0 Å². The fourth-order valence-electron chi connectivity index (χ4n) is 2.25. The molecule has 0 bridgehead atoms. The number of benzene rings is 1. The molecule has 0 spiro atoms. The van der Waals surface area contributed by atoms with Gasteiger partial charge in [0.25, 0.3) is 5.91 Å². The van der Waals surface area contributed by atoms with Crippen LogP contribution in [-0.4, -0.2) is 33.3 Å². The molecule has 0 fully saturated rings. The summed E-state index contributed by atoms with van der Waals surface area (Å²) >= 11 is 0. The van der Waals surface area contributed by atoms with Gasteiger partial charge in [0, 0.05) is 30.9 Å². The van der Waals surface area contributed by atoms with Gasteiger partial charge in [-0.1, -0.05) is 12.8 Å². The number of rotatable bonds is 9. The zero-order valence-electron chi connectivity index (χ0n) is 12.9. The second-order valence-corrected chi connectivity index (χ2v) is 5.31. The second kappa shape index (κ2) is 8.73. The van der Waals surface area contributed by atoms with Crippen molar-refractivity contribution >= 4 is 11.9 Å². The summed E-state index contributed by atoms with van der Waals surface area (Å²) in [6.45, 7) is 0.604. The zero-order valence-corrected chi connectivity index (χ0v) is 12.9. The Morgan fingerprint density at radius 2 is 1.83 bits per heavy atom. The first-order chi connectivity index (χ1) is 11.2. The number of carboxylic acids is 1. The molecule has 6 heteroatoms. The van der Waals surface area contributed by atoms with E-state index >= 15 is 0 Å². The highest BCUT2D eigenvalue weighted by atomic mass is 16.4. The molecule has 0 aliphatic heterocycles. The van der Waals surface area contributed by atoms with Crippen LogP contribution in [0.25, 0.3) is 5.69 Å². The van der Waals surface area contributed by atoms with Gasteiger partial charge < -0.3 is 10.4 Å². The maximum absolute atomic E-state index is 12.0. The van der Waals surface area contributed by atoms with Crippen LogP contribution in [-0.2, 0) is 4.79 Å². The lowest BCUT2D eigenvalue weighted by Crippen LogP contribution is -2.24. The van der Waals surface area contributed by atoms with Gasteiger partial charge in [0.2, 0.25) is 0 Å². The second-order valence-electron chi connectivity index (χ2n) is 5.31. The first-order valence-electron chi connectivity index (χ1n) is 7.77. The van der Waals surface area contributed by atoms with E-state index in [2.05, 4.69) is 10.4 Å². The lowest BCUT2D eigenvalue weighted by atomic mass is 10.1. The molecule has 1 aromatic heterocycles. The predicted octanol–water partition coefficient (Wildman–Crippen LogP) is 2.64. The van der Waals surface area contributed by atoms with Crippen molar-refractivity contribution in [3.8, 4) is 5.69 Å². The van der Waals surface area contributed by atoms with Crippen LogP contribution < -0.4 is 5.32 Å². The maximum atomic E-state index is 12.0. The van der Waals surface area contributed by atoms with E-state index in [1.165, 1.54) is 0 Å². The Kier molecular flexibility index (Phi) is 6.35. The van der Waals surface area contributed by atoms with Crippen LogP contribution in [0.1, 0.15) is 42.5 Å². The lowest BCUT2D eigenvalue weighted by Gasteiger charge is -2.06. The van der Waals surface area contributed by atoms with E-state index in [0.29, 0.717) is 18.5 Å². The summed E-state index contributed by atoms with van der Waals surface area (Å²) in [6, 6.07) is 9.11. The largest absolute Gasteiger partial charge is 0.481 e. The SMILES string of the molecule is O=C(O)CCCCCCNC(=O)c1ccc(-n2cccn2)cc1. The lowest BCUT2D eigenvalue weighted by molar-refractivity contribution is -0.137. The molecule has 0 saturated carbocycles. The van der Waals surface area contributed by atoms with Crippen LogP contribution in [0, 0.1) is 0 Å². The van der Waals surface area contributed by atoms with Gasteiger partial charge in [0.15, 0.2) is 0 Å². The summed E-state index contributed by atoms with van der Waals surface area (Å²) < 4.78 is 1.73. The number of carbonyl (C=O) groups excluding carboxylic acids is 1. The number of carbonyl (C=O) groups is 2. The van der Waals surface area contributed by atoms with Crippen molar-refractivity contribution in [1.82, 2.24) is 15.1 Å². The molecule has 1 aromatic carbocycles. The van der Waals surface area contributed by atoms with Crippen LogP contribution in [0.4, 0.5) is 0 Å². The van der Waals surface area contributed by atoms with Gasteiger partial charge >= 0.3 is 5.97 Å². The van der Waals surface area contributed by atoms with Gasteiger partial charge in [0.1, 0.15) is 0 Å². The fourth-order valence-corrected chi connectivity index (χ4v) is 2.25. The summed E-state index contributed by atoms with van der Waals surface area (Å²) in [6.07, 6.45) is 7.12. The van der Waals surface area contributed by atoms with Crippen LogP contribution in [0.5, 0.6) is 0 Å². The average molecular weight is 315 g/mol. The van der Waals surface area contributed by atoms with E-state index in [9.17, 15) is 9.59 Å². The van der Waals surface area contributed by atoms with Crippen molar-refractivity contribution in [2.75, 3.05) is 6.54 Å². The molecule has 1 heterocycles. The number of aromatic nitrogens is 2. The Hall–Kier alpha value is -2.63. The highest BCUT2D eigenvalue weighted by molar-refractivity contribution is 5.94. The summed E-state index contributed by atoms with van der Waals surface area (Å²) in [7, 11) is 0. The Bertz CT molecular complexity index is 621. The van der Waals surface area contributed by atoms with Crippen LogP contribution >= 0.6 is 0 Å². The van der Waals surface area contributed by atoms with Crippen LogP contribution in [0.2, 0.25) is 0 Å². The van der Waals surface area contributed by atoms with Crippen LogP contribution in [0.3, 0.4) is 0 Å². The standard InChI is InChI=1S/C17H21N3O3/c21-16(22)6-3-1-2-4-11-18-17(23)14-7-9-15(10-8-14)20-13-5-12-19-20/h5,7-10,12-13H,1-4,6,11H2,(H,18,23)(H,21,22).